The number of carbonyl (C=O) groups excluding carboxylic acids is 1. The van der Waals surface area contributed by atoms with Crippen molar-refractivity contribution in [3.63, 3.8) is 0 Å². The molecule has 4 bridgehead atoms. The molecule has 1 aliphatic heterocycles. The molecule has 1 amide bonds. The van der Waals surface area contributed by atoms with E-state index in [1.54, 1.807) is 0 Å². The lowest BCUT2D eigenvalue weighted by Gasteiger charge is -2.56. The predicted molar refractivity (Wildman–Crippen MR) is 125 cm³/mol. The monoisotopic (exact) mass is 486 g/mol. The van der Waals surface area contributed by atoms with E-state index in [2.05, 4.69) is 15.3 Å². The lowest BCUT2D eigenvalue weighted by atomic mass is 9.53. The summed E-state index contributed by atoms with van der Waals surface area (Å²) < 4.78 is 41.3. The second-order valence-electron chi connectivity index (χ2n) is 10.8. The Morgan fingerprint density at radius 1 is 1.11 bits per heavy atom. The summed E-state index contributed by atoms with van der Waals surface area (Å²) in [4.78, 5) is 15.8. The molecule has 9 heteroatoms. The molecule has 7 nitrogen and oxygen atoms in total. The number of carbonyl (C=O) groups is 1. The van der Waals surface area contributed by atoms with E-state index in [4.69, 9.17) is 9.47 Å². The molecule has 0 atom stereocenters. The van der Waals surface area contributed by atoms with Crippen LogP contribution < -0.4 is 10.1 Å². The fraction of sp³-hybridized carbons (Fsp3) is 0.615. The predicted octanol–water partition coefficient (Wildman–Crippen LogP) is 3.56. The quantitative estimate of drug-likeness (QED) is 0.648. The third-order valence-corrected chi connectivity index (χ3v) is 8.27. The molecule has 0 unspecified atom stereocenters. The van der Waals surface area contributed by atoms with Gasteiger partial charge in [-0.25, -0.2) is 8.78 Å². The number of nitrogens with zero attached hydrogens (tertiary/aromatic N) is 3. The average Bonchev–Trinajstić information content (AvgIpc) is 3.24. The highest BCUT2D eigenvalue weighted by molar-refractivity contribution is 5.97. The highest BCUT2D eigenvalue weighted by Crippen LogP contribution is 2.55. The number of aromatic nitrogens is 2. The van der Waals surface area contributed by atoms with Gasteiger partial charge in [0, 0.05) is 31.2 Å². The van der Waals surface area contributed by atoms with Crippen LogP contribution in [0.1, 0.15) is 48.9 Å². The van der Waals surface area contributed by atoms with Crippen molar-refractivity contribution in [2.75, 3.05) is 39.5 Å². The number of nitrogens with one attached hydrogen (secondary N) is 1. The molecule has 35 heavy (non-hydrogen) atoms. The molecular formula is C26H32F2N4O3. The van der Waals surface area contributed by atoms with E-state index in [1.807, 2.05) is 0 Å². The molecule has 5 fully saturated rings. The Morgan fingerprint density at radius 2 is 1.80 bits per heavy atom. The number of amides is 1. The largest absolute Gasteiger partial charge is 0.476 e. The van der Waals surface area contributed by atoms with E-state index in [0.29, 0.717) is 44.1 Å². The highest BCUT2D eigenvalue weighted by atomic mass is 19.1. The number of benzene rings is 1. The van der Waals surface area contributed by atoms with Crippen LogP contribution in [0.4, 0.5) is 8.78 Å². The van der Waals surface area contributed by atoms with Gasteiger partial charge in [0.15, 0.2) is 0 Å². The third-order valence-electron chi connectivity index (χ3n) is 8.27. The number of ether oxygens (including phenoxy) is 2. The Kier molecular flexibility index (Phi) is 6.00. The number of halogens is 2. The molecule has 1 aromatic heterocycles. The molecule has 5 aliphatic rings. The van der Waals surface area contributed by atoms with Crippen molar-refractivity contribution >= 4 is 5.91 Å². The second kappa shape index (κ2) is 9.17. The van der Waals surface area contributed by atoms with Gasteiger partial charge < -0.3 is 14.8 Å². The van der Waals surface area contributed by atoms with Crippen LogP contribution in [0.15, 0.2) is 24.4 Å². The van der Waals surface area contributed by atoms with Gasteiger partial charge >= 0.3 is 0 Å². The lowest BCUT2D eigenvalue weighted by Crippen LogP contribution is -2.59. The topological polar surface area (TPSA) is 68.6 Å². The molecular weight excluding hydrogens is 454 g/mol. The van der Waals surface area contributed by atoms with Gasteiger partial charge in [-0.1, -0.05) is 0 Å². The van der Waals surface area contributed by atoms with Crippen LogP contribution in [0.2, 0.25) is 0 Å². The minimum atomic E-state index is -0.638. The Balaban J connectivity index is 1.26. The maximum atomic E-state index is 14.6. The highest BCUT2D eigenvalue weighted by Gasteiger charge is 2.51. The summed E-state index contributed by atoms with van der Waals surface area (Å²) in [6.07, 6.45) is 8.30. The van der Waals surface area contributed by atoms with Crippen LogP contribution in [-0.2, 0) is 4.74 Å². The summed E-state index contributed by atoms with van der Waals surface area (Å²) in [6.45, 7) is 3.88. The van der Waals surface area contributed by atoms with Gasteiger partial charge in [-0.15, -0.1) is 0 Å². The first-order chi connectivity index (χ1) is 17.0. The van der Waals surface area contributed by atoms with Gasteiger partial charge in [0.25, 0.3) is 5.91 Å². The summed E-state index contributed by atoms with van der Waals surface area (Å²) in [7, 11) is 0. The lowest BCUT2D eigenvalue weighted by molar-refractivity contribution is -0.0167. The zero-order chi connectivity index (χ0) is 24.0. The van der Waals surface area contributed by atoms with E-state index >= 15 is 0 Å². The van der Waals surface area contributed by atoms with Crippen molar-refractivity contribution in [2.45, 2.75) is 44.1 Å². The summed E-state index contributed by atoms with van der Waals surface area (Å²) in [5.74, 6) is 0.734. The fourth-order valence-electron chi connectivity index (χ4n) is 7.12. The van der Waals surface area contributed by atoms with E-state index in [1.165, 1.54) is 30.1 Å². The molecule has 1 aromatic carbocycles. The van der Waals surface area contributed by atoms with E-state index in [0.717, 1.165) is 50.6 Å². The molecule has 1 N–H and O–H groups in total. The summed E-state index contributed by atoms with van der Waals surface area (Å²) in [5.41, 5.74) is -0.00468. The summed E-state index contributed by atoms with van der Waals surface area (Å²) in [6, 6.07) is 3.18. The summed E-state index contributed by atoms with van der Waals surface area (Å²) in [5, 5.41) is 7.60. The van der Waals surface area contributed by atoms with Crippen LogP contribution in [0.5, 0.6) is 5.88 Å². The van der Waals surface area contributed by atoms with E-state index < -0.39 is 11.6 Å². The number of hydrogen-bond donors (Lipinski definition) is 1. The van der Waals surface area contributed by atoms with Gasteiger partial charge in [0.2, 0.25) is 5.88 Å². The molecule has 4 aliphatic carbocycles. The standard InChI is InChI=1S/C26H32F2N4O3/c27-20-1-2-22(28)23(12-20)32-25(35-8-5-31-3-6-34-7-4-31)21(16-29-32)24(33)30-26-13-17-9-18(14-26)11-19(10-17)15-26/h1-2,12,16-19H,3-11,13-15H2,(H,30,33). The Labute approximate surface area is 203 Å². The van der Waals surface area contributed by atoms with Crippen LogP contribution in [0.3, 0.4) is 0 Å². The van der Waals surface area contributed by atoms with Crippen LogP contribution >= 0.6 is 0 Å². The maximum Gasteiger partial charge on any atom is 0.258 e. The third kappa shape index (κ3) is 4.56. The van der Waals surface area contributed by atoms with Crippen molar-refractivity contribution in [3.8, 4) is 11.6 Å². The van der Waals surface area contributed by atoms with Gasteiger partial charge in [0.05, 0.1) is 19.4 Å². The first-order valence-corrected chi connectivity index (χ1v) is 12.8. The molecule has 2 heterocycles. The maximum absolute atomic E-state index is 14.6. The van der Waals surface area contributed by atoms with Gasteiger partial charge in [-0.3, -0.25) is 9.69 Å². The van der Waals surface area contributed by atoms with Crippen molar-refractivity contribution in [1.29, 1.82) is 0 Å². The van der Waals surface area contributed by atoms with Crippen LogP contribution in [0, 0.1) is 29.4 Å². The molecule has 2 aromatic rings. The van der Waals surface area contributed by atoms with Crippen LogP contribution in [-0.4, -0.2) is 65.6 Å². The van der Waals surface area contributed by atoms with Crippen molar-refractivity contribution in [1.82, 2.24) is 20.0 Å². The number of morpholine rings is 1. The summed E-state index contributed by atoms with van der Waals surface area (Å²) >= 11 is 0. The minimum absolute atomic E-state index is 0.0831. The van der Waals surface area contributed by atoms with Gasteiger partial charge in [0.1, 0.15) is 29.5 Å². The van der Waals surface area contributed by atoms with E-state index in [-0.39, 0.29) is 28.6 Å². The Bertz CT molecular complexity index is 1060. The zero-order valence-corrected chi connectivity index (χ0v) is 19.8. The number of hydrogen-bond acceptors (Lipinski definition) is 5. The molecule has 4 saturated carbocycles. The average molecular weight is 487 g/mol. The minimum Gasteiger partial charge on any atom is -0.476 e. The van der Waals surface area contributed by atoms with Crippen LogP contribution in [0.25, 0.3) is 5.69 Å². The second-order valence-corrected chi connectivity index (χ2v) is 10.8. The first-order valence-electron chi connectivity index (χ1n) is 12.8. The van der Waals surface area contributed by atoms with Gasteiger partial charge in [-0.05, 0) is 68.4 Å². The Morgan fingerprint density at radius 3 is 2.49 bits per heavy atom. The molecule has 0 spiro atoms. The van der Waals surface area contributed by atoms with Crippen molar-refractivity contribution in [3.05, 3.63) is 41.6 Å². The molecule has 7 rings (SSSR count). The smallest absolute Gasteiger partial charge is 0.258 e. The molecule has 0 radical (unpaired) electrons. The van der Waals surface area contributed by atoms with Crippen molar-refractivity contribution in [2.24, 2.45) is 17.8 Å². The fourth-order valence-corrected chi connectivity index (χ4v) is 7.12. The first kappa shape index (κ1) is 22.9. The number of rotatable bonds is 7. The van der Waals surface area contributed by atoms with Crippen molar-refractivity contribution < 1.29 is 23.0 Å². The van der Waals surface area contributed by atoms with Gasteiger partial charge in [-0.2, -0.15) is 9.78 Å². The normalized spacial score (nSPS) is 29.9. The molecule has 188 valence electrons. The zero-order valence-electron chi connectivity index (χ0n) is 19.8. The van der Waals surface area contributed by atoms with E-state index in [9.17, 15) is 13.6 Å². The Hall–Kier alpha value is -2.52. The SMILES string of the molecule is O=C(NC12CC3CC(CC(C3)C1)C2)c1cnn(-c2cc(F)ccc2F)c1OCCN1CCOCC1. The molecule has 1 saturated heterocycles.